The summed E-state index contributed by atoms with van der Waals surface area (Å²) in [7, 11) is 0. The van der Waals surface area contributed by atoms with Gasteiger partial charge in [-0.25, -0.2) is 32.9 Å². The van der Waals surface area contributed by atoms with E-state index in [1.807, 2.05) is 0 Å². The third kappa shape index (κ3) is 6.22. The summed E-state index contributed by atoms with van der Waals surface area (Å²) in [5.74, 6) is -1.34. The van der Waals surface area contributed by atoms with Gasteiger partial charge in [0, 0.05) is 24.7 Å². The Balaban J connectivity index is 1.50. The minimum absolute atomic E-state index is 0.0276. The Morgan fingerprint density at radius 2 is 2.08 bits per heavy atom. The number of aromatic carboxylic acids is 1. The topological polar surface area (TPSA) is 131 Å². The first kappa shape index (κ1) is 26.0. The first-order chi connectivity index (χ1) is 17.5. The number of pyridine rings is 1. The number of fused-ring (bicyclic) bond motifs is 1. The molecule has 0 unspecified atom stereocenters. The van der Waals surface area contributed by atoms with Crippen molar-refractivity contribution in [3.63, 3.8) is 0 Å². The molecule has 37 heavy (non-hydrogen) atoms. The number of hydrogen-bond acceptors (Lipinski definition) is 8. The van der Waals surface area contributed by atoms with Gasteiger partial charge in [-0.05, 0) is 39.3 Å². The van der Waals surface area contributed by atoms with E-state index in [1.54, 1.807) is 31.7 Å². The Morgan fingerprint density at radius 3 is 2.81 bits per heavy atom. The van der Waals surface area contributed by atoms with Gasteiger partial charge in [-0.1, -0.05) is 0 Å². The number of nitrogens with zero attached hydrogens (tertiary/aromatic N) is 5. The standard InChI is InChI=1S/C24H28F2N6O5/c1-24(2,3)37-23(35)27-6-4-8-36-21-16(9-14(25)11-28-21)18-10-15(26)13-31(18)19-5-7-32-20(30-19)17(12-29-32)22(33)34/h5,7,9,11-12,15,18H,4,6,8,10,13H2,1-3H3,(H,27,35)(H,33,34)/t15-,18+/m0/s1. The van der Waals surface area contributed by atoms with E-state index in [0.717, 1.165) is 6.20 Å². The number of carboxylic acid groups (broad SMARTS) is 1. The number of hydrogen-bond donors (Lipinski definition) is 2. The van der Waals surface area contributed by atoms with Gasteiger partial charge in [-0.2, -0.15) is 5.10 Å². The molecule has 13 heteroatoms. The highest BCUT2D eigenvalue weighted by atomic mass is 19.1. The number of carbonyl (C=O) groups is 2. The van der Waals surface area contributed by atoms with Crippen molar-refractivity contribution in [2.45, 2.75) is 51.4 Å². The van der Waals surface area contributed by atoms with Gasteiger partial charge in [0.25, 0.3) is 0 Å². The lowest BCUT2D eigenvalue weighted by Crippen LogP contribution is -2.33. The normalized spacial score (nSPS) is 17.7. The van der Waals surface area contributed by atoms with Crippen LogP contribution < -0.4 is 15.0 Å². The smallest absolute Gasteiger partial charge is 0.407 e. The van der Waals surface area contributed by atoms with E-state index in [4.69, 9.17) is 9.47 Å². The van der Waals surface area contributed by atoms with Crippen LogP contribution >= 0.6 is 0 Å². The van der Waals surface area contributed by atoms with Crippen LogP contribution in [-0.2, 0) is 4.74 Å². The number of rotatable bonds is 8. The molecule has 1 aliphatic rings. The van der Waals surface area contributed by atoms with E-state index in [2.05, 4.69) is 20.4 Å². The summed E-state index contributed by atoms with van der Waals surface area (Å²) in [6, 6.07) is 2.18. The molecule has 0 bridgehead atoms. The van der Waals surface area contributed by atoms with Crippen LogP contribution in [0.25, 0.3) is 5.65 Å². The number of anilines is 1. The SMILES string of the molecule is CC(C)(C)OC(=O)NCCCOc1ncc(F)cc1[C@H]1C[C@H](F)CN1c1ccn2ncc(C(=O)O)c2n1. The van der Waals surface area contributed by atoms with Crippen LogP contribution in [0.3, 0.4) is 0 Å². The molecule has 0 saturated carbocycles. The van der Waals surface area contributed by atoms with Crippen molar-refractivity contribution in [3.05, 3.63) is 47.7 Å². The van der Waals surface area contributed by atoms with E-state index in [-0.39, 0.29) is 43.2 Å². The third-order valence-corrected chi connectivity index (χ3v) is 5.56. The molecular formula is C24H28F2N6O5. The predicted octanol–water partition coefficient (Wildman–Crippen LogP) is 3.54. The molecule has 4 rings (SSSR count). The number of alkyl carbamates (subject to hydrolysis) is 1. The number of ether oxygens (including phenoxy) is 2. The minimum atomic E-state index is -1.24. The highest BCUT2D eigenvalue weighted by Gasteiger charge is 2.37. The summed E-state index contributed by atoms with van der Waals surface area (Å²) in [6.07, 6.45) is 2.42. The first-order valence-electron chi connectivity index (χ1n) is 11.8. The van der Waals surface area contributed by atoms with Crippen molar-refractivity contribution >= 4 is 23.5 Å². The third-order valence-electron chi connectivity index (χ3n) is 5.56. The van der Waals surface area contributed by atoms with Crippen molar-refractivity contribution in [1.82, 2.24) is 24.9 Å². The molecule has 4 heterocycles. The maximum atomic E-state index is 14.6. The summed E-state index contributed by atoms with van der Waals surface area (Å²) >= 11 is 0. The Hall–Kier alpha value is -4.03. The van der Waals surface area contributed by atoms with Crippen molar-refractivity contribution in [3.8, 4) is 5.88 Å². The molecule has 2 N–H and O–H groups in total. The van der Waals surface area contributed by atoms with Gasteiger partial charge >= 0.3 is 12.1 Å². The van der Waals surface area contributed by atoms with Gasteiger partial charge in [0.15, 0.2) is 5.65 Å². The minimum Gasteiger partial charge on any atom is -0.477 e. The van der Waals surface area contributed by atoms with Crippen LogP contribution in [-0.4, -0.2) is 68.2 Å². The highest BCUT2D eigenvalue weighted by Crippen LogP contribution is 2.40. The molecule has 0 aliphatic carbocycles. The number of aromatic nitrogens is 4. The fraction of sp³-hybridized carbons (Fsp3) is 0.458. The molecule has 1 saturated heterocycles. The van der Waals surface area contributed by atoms with Gasteiger partial charge in [0.1, 0.15) is 29.0 Å². The average molecular weight is 519 g/mol. The molecule has 0 spiro atoms. The van der Waals surface area contributed by atoms with Crippen LogP contribution in [0.4, 0.5) is 19.4 Å². The number of carbonyl (C=O) groups excluding carboxylic acids is 1. The Kier molecular flexibility index (Phi) is 7.41. The second-order valence-electron chi connectivity index (χ2n) is 9.60. The van der Waals surface area contributed by atoms with E-state index in [1.165, 1.54) is 23.0 Å². The number of halogens is 2. The molecule has 3 aromatic heterocycles. The lowest BCUT2D eigenvalue weighted by Gasteiger charge is -2.26. The summed E-state index contributed by atoms with van der Waals surface area (Å²) in [5, 5.41) is 16.0. The summed E-state index contributed by atoms with van der Waals surface area (Å²) in [4.78, 5) is 33.4. The van der Waals surface area contributed by atoms with Gasteiger partial charge in [-0.3, -0.25) is 0 Å². The number of carboxylic acids is 1. The Bertz CT molecular complexity index is 1290. The van der Waals surface area contributed by atoms with E-state index < -0.39 is 35.7 Å². The fourth-order valence-corrected chi connectivity index (χ4v) is 4.05. The predicted molar refractivity (Wildman–Crippen MR) is 128 cm³/mol. The van der Waals surface area contributed by atoms with Crippen LogP contribution in [0.2, 0.25) is 0 Å². The Morgan fingerprint density at radius 1 is 1.30 bits per heavy atom. The monoisotopic (exact) mass is 518 g/mol. The van der Waals surface area contributed by atoms with E-state index >= 15 is 0 Å². The van der Waals surface area contributed by atoms with Crippen LogP contribution in [0.5, 0.6) is 5.88 Å². The van der Waals surface area contributed by atoms with Gasteiger partial charge in [-0.15, -0.1) is 0 Å². The summed E-state index contributed by atoms with van der Waals surface area (Å²) < 4.78 is 41.1. The lowest BCUT2D eigenvalue weighted by atomic mass is 10.1. The molecule has 1 aliphatic heterocycles. The van der Waals surface area contributed by atoms with Crippen molar-refractivity contribution in [1.29, 1.82) is 0 Å². The Labute approximate surface area is 211 Å². The highest BCUT2D eigenvalue weighted by molar-refractivity contribution is 5.94. The second-order valence-corrected chi connectivity index (χ2v) is 9.60. The fourth-order valence-electron chi connectivity index (χ4n) is 4.05. The molecule has 1 fully saturated rings. The molecule has 0 aromatic carbocycles. The zero-order valence-electron chi connectivity index (χ0n) is 20.6. The van der Waals surface area contributed by atoms with Gasteiger partial charge in [0.05, 0.1) is 31.6 Å². The van der Waals surface area contributed by atoms with Crippen molar-refractivity contribution < 1.29 is 33.0 Å². The second kappa shape index (κ2) is 10.5. The van der Waals surface area contributed by atoms with Crippen molar-refractivity contribution in [2.75, 3.05) is 24.6 Å². The quantitative estimate of drug-likeness (QED) is 0.430. The van der Waals surface area contributed by atoms with E-state index in [9.17, 15) is 23.5 Å². The van der Waals surface area contributed by atoms with E-state index in [0.29, 0.717) is 17.8 Å². The van der Waals surface area contributed by atoms with Crippen LogP contribution in [0, 0.1) is 5.82 Å². The number of nitrogens with one attached hydrogen (secondary N) is 1. The largest absolute Gasteiger partial charge is 0.477 e. The van der Waals surface area contributed by atoms with Crippen LogP contribution in [0.15, 0.2) is 30.7 Å². The summed E-state index contributed by atoms with van der Waals surface area (Å²) in [6.45, 7) is 5.71. The first-order valence-corrected chi connectivity index (χ1v) is 11.8. The lowest BCUT2D eigenvalue weighted by molar-refractivity contribution is 0.0524. The molecule has 0 radical (unpaired) electrons. The van der Waals surface area contributed by atoms with Crippen LogP contribution in [0.1, 0.15) is 55.6 Å². The molecular weight excluding hydrogens is 490 g/mol. The molecule has 11 nitrogen and oxygen atoms in total. The zero-order chi connectivity index (χ0) is 26.7. The molecule has 198 valence electrons. The molecule has 2 atom stereocenters. The number of amides is 1. The maximum Gasteiger partial charge on any atom is 0.407 e. The summed E-state index contributed by atoms with van der Waals surface area (Å²) in [5.41, 5.74) is -0.251. The van der Waals surface area contributed by atoms with Gasteiger partial charge in [0.2, 0.25) is 5.88 Å². The molecule has 1 amide bonds. The maximum absolute atomic E-state index is 14.6. The number of alkyl halides is 1. The van der Waals surface area contributed by atoms with Gasteiger partial charge < -0.3 is 24.8 Å². The average Bonchev–Trinajstić information content (AvgIpc) is 3.41. The molecule has 3 aromatic rings. The van der Waals surface area contributed by atoms with Crippen molar-refractivity contribution in [2.24, 2.45) is 0 Å². The zero-order valence-corrected chi connectivity index (χ0v) is 20.6.